The summed E-state index contributed by atoms with van der Waals surface area (Å²) in [6.07, 6.45) is 3.97. The third-order valence-corrected chi connectivity index (χ3v) is 4.61. The lowest BCUT2D eigenvalue weighted by molar-refractivity contribution is 0.0439. The summed E-state index contributed by atoms with van der Waals surface area (Å²) >= 11 is 0. The lowest BCUT2D eigenvalue weighted by atomic mass is 9.96. The maximum absolute atomic E-state index is 6.28. The van der Waals surface area contributed by atoms with Gasteiger partial charge in [-0.15, -0.1) is 0 Å². The predicted molar refractivity (Wildman–Crippen MR) is 92.4 cm³/mol. The highest BCUT2D eigenvalue weighted by atomic mass is 16.5. The molecule has 3 heteroatoms. The Kier molecular flexibility index (Phi) is 4.05. The van der Waals surface area contributed by atoms with E-state index in [1.807, 2.05) is 12.4 Å². The zero-order chi connectivity index (χ0) is 15.5. The number of nitrogens with one attached hydrogen (secondary N) is 1. The normalized spacial score (nSPS) is 20.9. The molecule has 0 spiro atoms. The Balaban J connectivity index is 1.52. The summed E-state index contributed by atoms with van der Waals surface area (Å²) in [6.45, 7) is 2.52. The van der Waals surface area contributed by atoms with Gasteiger partial charge in [-0.2, -0.15) is 0 Å². The van der Waals surface area contributed by atoms with Gasteiger partial charge in [0.2, 0.25) is 0 Å². The molecule has 2 unspecified atom stereocenters. The van der Waals surface area contributed by atoms with Crippen LogP contribution >= 0.6 is 0 Å². The number of ether oxygens (including phenoxy) is 1. The Morgan fingerprint density at radius 2 is 1.91 bits per heavy atom. The molecular formula is C20H20N2O. The molecule has 4 rings (SSSR count). The van der Waals surface area contributed by atoms with Gasteiger partial charge in [0.1, 0.15) is 0 Å². The van der Waals surface area contributed by atoms with Gasteiger partial charge < -0.3 is 10.1 Å². The van der Waals surface area contributed by atoms with E-state index in [-0.39, 0.29) is 6.10 Å². The van der Waals surface area contributed by atoms with Gasteiger partial charge in [0, 0.05) is 36.8 Å². The maximum atomic E-state index is 6.28. The molecule has 1 aliphatic rings. The lowest BCUT2D eigenvalue weighted by Crippen LogP contribution is -2.21. The number of aromatic nitrogens is 1. The Labute approximate surface area is 136 Å². The number of nitrogens with zero attached hydrogens (tertiary/aromatic N) is 1. The number of hydrogen-bond donors (Lipinski definition) is 1. The molecule has 1 aromatic heterocycles. The van der Waals surface area contributed by atoms with Crippen molar-refractivity contribution in [2.45, 2.75) is 18.6 Å². The van der Waals surface area contributed by atoms with Crippen molar-refractivity contribution in [2.24, 2.45) is 0 Å². The van der Waals surface area contributed by atoms with E-state index in [1.165, 1.54) is 16.5 Å². The van der Waals surface area contributed by atoms with Crippen LogP contribution in [0.5, 0.6) is 0 Å². The first kappa shape index (κ1) is 14.4. The molecule has 3 aromatic rings. The number of benzene rings is 2. The van der Waals surface area contributed by atoms with E-state index < -0.39 is 0 Å². The number of fused-ring (bicyclic) bond motifs is 1. The Morgan fingerprint density at radius 3 is 2.83 bits per heavy atom. The van der Waals surface area contributed by atoms with E-state index in [0.717, 1.165) is 18.5 Å². The van der Waals surface area contributed by atoms with Crippen molar-refractivity contribution in [1.82, 2.24) is 10.3 Å². The summed E-state index contributed by atoms with van der Waals surface area (Å²) < 4.78 is 6.28. The van der Waals surface area contributed by atoms with Crippen molar-refractivity contribution in [3.8, 4) is 0 Å². The molecular weight excluding hydrogens is 284 g/mol. The van der Waals surface area contributed by atoms with Gasteiger partial charge in [-0.05, 0) is 22.6 Å². The molecule has 0 saturated carbocycles. The van der Waals surface area contributed by atoms with Crippen molar-refractivity contribution in [1.29, 1.82) is 0 Å². The van der Waals surface area contributed by atoms with E-state index in [9.17, 15) is 0 Å². The second kappa shape index (κ2) is 6.49. The molecule has 1 fully saturated rings. The second-order valence-electron chi connectivity index (χ2n) is 6.04. The predicted octanol–water partition coefficient (Wildman–Crippen LogP) is 3.51. The first-order chi connectivity index (χ1) is 11.4. The van der Waals surface area contributed by atoms with Crippen LogP contribution in [0.25, 0.3) is 10.8 Å². The molecule has 2 aromatic carbocycles. The van der Waals surface area contributed by atoms with Gasteiger partial charge in [0.25, 0.3) is 0 Å². The summed E-state index contributed by atoms with van der Waals surface area (Å²) in [7, 11) is 0. The smallest absolute Gasteiger partial charge is 0.0784 e. The zero-order valence-corrected chi connectivity index (χ0v) is 13.0. The second-order valence-corrected chi connectivity index (χ2v) is 6.04. The standard InChI is InChI=1S/C20H20N2O/c1-2-5-15(6-3-1)19-12-22-13-20(19)23-14-17-8-4-7-16-11-21-10-9-18(16)17/h1-11,19-20,22H,12-14H2. The van der Waals surface area contributed by atoms with Crippen LogP contribution < -0.4 is 5.32 Å². The molecule has 23 heavy (non-hydrogen) atoms. The molecule has 1 N–H and O–H groups in total. The molecule has 0 radical (unpaired) electrons. The quantitative estimate of drug-likeness (QED) is 0.801. The summed E-state index contributed by atoms with van der Waals surface area (Å²) in [5.74, 6) is 0.424. The lowest BCUT2D eigenvalue weighted by Gasteiger charge is -2.20. The van der Waals surface area contributed by atoms with E-state index in [4.69, 9.17) is 4.74 Å². The molecule has 0 bridgehead atoms. The Hall–Kier alpha value is -2.23. The average molecular weight is 304 g/mol. The Morgan fingerprint density at radius 1 is 1.00 bits per heavy atom. The number of rotatable bonds is 4. The third-order valence-electron chi connectivity index (χ3n) is 4.61. The van der Waals surface area contributed by atoms with Crippen LogP contribution in [0.4, 0.5) is 0 Å². The van der Waals surface area contributed by atoms with Crippen molar-refractivity contribution in [3.05, 3.63) is 78.1 Å². The average Bonchev–Trinajstić information content (AvgIpc) is 3.09. The zero-order valence-electron chi connectivity index (χ0n) is 13.0. The minimum atomic E-state index is 0.217. The first-order valence-corrected chi connectivity index (χ1v) is 8.11. The molecule has 2 atom stereocenters. The SMILES string of the molecule is c1ccc(C2CNCC2OCc2cccc3cnccc23)cc1. The van der Waals surface area contributed by atoms with Gasteiger partial charge in [-0.3, -0.25) is 4.98 Å². The van der Waals surface area contributed by atoms with Crippen LogP contribution in [0.3, 0.4) is 0 Å². The molecule has 116 valence electrons. The Bertz CT molecular complexity index is 783. The first-order valence-electron chi connectivity index (χ1n) is 8.11. The highest BCUT2D eigenvalue weighted by Crippen LogP contribution is 2.27. The monoisotopic (exact) mass is 304 g/mol. The maximum Gasteiger partial charge on any atom is 0.0784 e. The van der Waals surface area contributed by atoms with E-state index in [0.29, 0.717) is 12.5 Å². The molecule has 3 nitrogen and oxygen atoms in total. The fourth-order valence-electron chi connectivity index (χ4n) is 3.37. The molecule has 0 aliphatic carbocycles. The number of hydrogen-bond acceptors (Lipinski definition) is 3. The minimum Gasteiger partial charge on any atom is -0.372 e. The summed E-state index contributed by atoms with van der Waals surface area (Å²) in [5, 5.41) is 5.85. The van der Waals surface area contributed by atoms with Gasteiger partial charge in [0.15, 0.2) is 0 Å². The van der Waals surface area contributed by atoms with Gasteiger partial charge in [-0.1, -0.05) is 48.5 Å². The van der Waals surface area contributed by atoms with Crippen molar-refractivity contribution in [3.63, 3.8) is 0 Å². The highest BCUT2D eigenvalue weighted by Gasteiger charge is 2.29. The van der Waals surface area contributed by atoms with E-state index in [1.54, 1.807) is 0 Å². The van der Waals surface area contributed by atoms with E-state index in [2.05, 4.69) is 64.9 Å². The largest absolute Gasteiger partial charge is 0.372 e. The highest BCUT2D eigenvalue weighted by molar-refractivity contribution is 5.84. The minimum absolute atomic E-state index is 0.217. The summed E-state index contributed by atoms with van der Waals surface area (Å²) in [4.78, 5) is 4.19. The fourth-order valence-corrected chi connectivity index (χ4v) is 3.37. The van der Waals surface area contributed by atoms with Crippen molar-refractivity contribution >= 4 is 10.8 Å². The van der Waals surface area contributed by atoms with Crippen LogP contribution in [0, 0.1) is 0 Å². The number of pyridine rings is 1. The fraction of sp³-hybridized carbons (Fsp3) is 0.250. The van der Waals surface area contributed by atoms with Crippen LogP contribution in [0.1, 0.15) is 17.0 Å². The van der Waals surface area contributed by atoms with Crippen LogP contribution in [-0.4, -0.2) is 24.2 Å². The van der Waals surface area contributed by atoms with Crippen LogP contribution in [-0.2, 0) is 11.3 Å². The van der Waals surface area contributed by atoms with E-state index >= 15 is 0 Å². The topological polar surface area (TPSA) is 34.1 Å². The summed E-state index contributed by atoms with van der Waals surface area (Å²) in [5.41, 5.74) is 2.58. The third kappa shape index (κ3) is 2.98. The van der Waals surface area contributed by atoms with Gasteiger partial charge >= 0.3 is 0 Å². The van der Waals surface area contributed by atoms with Crippen LogP contribution in [0.15, 0.2) is 67.0 Å². The molecule has 2 heterocycles. The van der Waals surface area contributed by atoms with Gasteiger partial charge in [-0.25, -0.2) is 0 Å². The van der Waals surface area contributed by atoms with Crippen molar-refractivity contribution in [2.75, 3.05) is 13.1 Å². The van der Waals surface area contributed by atoms with Gasteiger partial charge in [0.05, 0.1) is 12.7 Å². The van der Waals surface area contributed by atoms with Crippen LogP contribution in [0.2, 0.25) is 0 Å². The summed E-state index contributed by atoms with van der Waals surface area (Å²) in [6, 6.07) is 19.0. The molecule has 0 amide bonds. The molecule has 1 aliphatic heterocycles. The van der Waals surface area contributed by atoms with Crippen molar-refractivity contribution < 1.29 is 4.74 Å². The molecule has 1 saturated heterocycles.